The van der Waals surface area contributed by atoms with Crippen molar-refractivity contribution in [2.45, 2.75) is 20.8 Å². The molecule has 6 heteroatoms. The number of anilines is 2. The van der Waals surface area contributed by atoms with E-state index in [1.54, 1.807) is 38.3 Å². The molecule has 3 aromatic rings. The quantitative estimate of drug-likeness (QED) is 0.513. The minimum Gasteiger partial charge on any atom is -0.497 e. The Hall–Kier alpha value is -3.57. The Bertz CT molecular complexity index is 1280. The van der Waals surface area contributed by atoms with E-state index < -0.39 is 11.8 Å². The van der Waals surface area contributed by atoms with Crippen molar-refractivity contribution < 1.29 is 14.3 Å². The van der Waals surface area contributed by atoms with Crippen LogP contribution in [0.3, 0.4) is 0 Å². The molecule has 0 unspecified atom stereocenters. The summed E-state index contributed by atoms with van der Waals surface area (Å²) < 4.78 is 5.29. The number of carbonyl (C=O) groups excluding carboxylic acids is 2. The van der Waals surface area contributed by atoms with Crippen LogP contribution in [0.5, 0.6) is 5.75 Å². The average Bonchev–Trinajstić information content (AvgIpc) is 3.02. The number of ether oxygens (including phenoxy) is 1. The molecule has 1 aliphatic heterocycles. The Kier molecular flexibility index (Phi) is 5.76. The van der Waals surface area contributed by atoms with Crippen LogP contribution >= 0.6 is 11.6 Å². The Morgan fingerprint density at radius 2 is 1.62 bits per heavy atom. The van der Waals surface area contributed by atoms with Gasteiger partial charge in [0.1, 0.15) is 11.4 Å². The molecule has 1 aliphatic rings. The Morgan fingerprint density at radius 3 is 2.34 bits per heavy atom. The lowest BCUT2D eigenvalue weighted by atomic mass is 9.99. The number of amides is 2. The van der Waals surface area contributed by atoms with Crippen LogP contribution < -0.4 is 15.0 Å². The first kappa shape index (κ1) is 21.7. The van der Waals surface area contributed by atoms with Gasteiger partial charge in [-0.1, -0.05) is 41.9 Å². The van der Waals surface area contributed by atoms with Gasteiger partial charge in [0.2, 0.25) is 0 Å². The van der Waals surface area contributed by atoms with Crippen LogP contribution in [0.1, 0.15) is 22.3 Å². The van der Waals surface area contributed by atoms with Gasteiger partial charge in [0.25, 0.3) is 11.8 Å². The van der Waals surface area contributed by atoms with Crippen LogP contribution in [-0.4, -0.2) is 18.9 Å². The van der Waals surface area contributed by atoms with E-state index >= 15 is 0 Å². The SMILES string of the molecule is COc1cccc(NC2=C(c3ccc(C)c(C)c3)C(=O)N(c3cccc(Cl)c3C)C2=O)c1. The van der Waals surface area contributed by atoms with Crippen LogP contribution in [0.4, 0.5) is 11.4 Å². The number of nitrogens with zero attached hydrogens (tertiary/aromatic N) is 1. The van der Waals surface area contributed by atoms with Crippen molar-refractivity contribution in [3.05, 3.63) is 93.6 Å². The third-order valence-corrected chi connectivity index (χ3v) is 6.11. The van der Waals surface area contributed by atoms with E-state index in [-0.39, 0.29) is 5.70 Å². The molecule has 0 spiro atoms. The number of methoxy groups -OCH3 is 1. The van der Waals surface area contributed by atoms with Gasteiger partial charge < -0.3 is 10.1 Å². The highest BCUT2D eigenvalue weighted by Crippen LogP contribution is 2.37. The lowest BCUT2D eigenvalue weighted by molar-refractivity contribution is -0.120. The predicted molar refractivity (Wildman–Crippen MR) is 128 cm³/mol. The molecule has 1 N–H and O–H groups in total. The molecule has 0 radical (unpaired) electrons. The summed E-state index contributed by atoms with van der Waals surface area (Å²) in [4.78, 5) is 28.4. The molecule has 162 valence electrons. The van der Waals surface area contributed by atoms with E-state index in [9.17, 15) is 9.59 Å². The van der Waals surface area contributed by atoms with Crippen molar-refractivity contribution >= 4 is 40.4 Å². The highest BCUT2D eigenvalue weighted by atomic mass is 35.5. The number of rotatable bonds is 5. The molecular formula is C26H23ClN2O3. The number of carbonyl (C=O) groups is 2. The van der Waals surface area contributed by atoms with Gasteiger partial charge in [-0.05, 0) is 67.3 Å². The van der Waals surface area contributed by atoms with Gasteiger partial charge >= 0.3 is 0 Å². The second-order valence-electron chi connectivity index (χ2n) is 7.74. The van der Waals surface area contributed by atoms with Crippen molar-refractivity contribution in [1.29, 1.82) is 0 Å². The Morgan fingerprint density at radius 1 is 0.875 bits per heavy atom. The third-order valence-electron chi connectivity index (χ3n) is 5.70. The van der Waals surface area contributed by atoms with Gasteiger partial charge in [-0.25, -0.2) is 4.90 Å². The van der Waals surface area contributed by atoms with Crippen molar-refractivity contribution in [1.82, 2.24) is 0 Å². The fourth-order valence-corrected chi connectivity index (χ4v) is 3.88. The van der Waals surface area contributed by atoms with Crippen LogP contribution in [-0.2, 0) is 9.59 Å². The van der Waals surface area contributed by atoms with E-state index in [1.807, 2.05) is 50.2 Å². The van der Waals surface area contributed by atoms with Crippen LogP contribution in [0.15, 0.2) is 66.4 Å². The summed E-state index contributed by atoms with van der Waals surface area (Å²) in [6.45, 7) is 5.78. The summed E-state index contributed by atoms with van der Waals surface area (Å²) >= 11 is 6.29. The summed E-state index contributed by atoms with van der Waals surface area (Å²) in [5.74, 6) is -0.187. The highest BCUT2D eigenvalue weighted by Gasteiger charge is 2.41. The van der Waals surface area contributed by atoms with Crippen LogP contribution in [0, 0.1) is 20.8 Å². The van der Waals surface area contributed by atoms with Gasteiger partial charge in [0, 0.05) is 16.8 Å². The second kappa shape index (κ2) is 8.52. The lowest BCUT2D eigenvalue weighted by Gasteiger charge is -2.18. The average molecular weight is 447 g/mol. The van der Waals surface area contributed by atoms with E-state index in [0.29, 0.717) is 38.8 Å². The maximum Gasteiger partial charge on any atom is 0.282 e. The molecule has 5 nitrogen and oxygen atoms in total. The van der Waals surface area contributed by atoms with Gasteiger partial charge in [0.15, 0.2) is 0 Å². The molecule has 0 aliphatic carbocycles. The van der Waals surface area contributed by atoms with Gasteiger partial charge in [-0.2, -0.15) is 0 Å². The van der Waals surface area contributed by atoms with E-state index in [4.69, 9.17) is 16.3 Å². The van der Waals surface area contributed by atoms with Gasteiger partial charge in [-0.15, -0.1) is 0 Å². The number of aryl methyl sites for hydroxylation is 2. The Labute approximate surface area is 192 Å². The lowest BCUT2D eigenvalue weighted by Crippen LogP contribution is -2.33. The fraction of sp³-hybridized carbons (Fsp3) is 0.154. The predicted octanol–water partition coefficient (Wildman–Crippen LogP) is 5.67. The summed E-state index contributed by atoms with van der Waals surface area (Å²) in [5, 5.41) is 3.66. The standard InChI is InChI=1S/C26H23ClN2O3/c1-15-11-12-18(13-16(15)2)23-24(28-19-7-5-8-20(14-19)32-4)26(31)29(25(23)30)22-10-6-9-21(27)17(22)3/h5-14,28H,1-4H3. The number of hydrogen-bond donors (Lipinski definition) is 1. The molecule has 0 aromatic heterocycles. The van der Waals surface area contributed by atoms with Crippen molar-refractivity contribution in [2.24, 2.45) is 0 Å². The largest absolute Gasteiger partial charge is 0.497 e. The van der Waals surface area contributed by atoms with E-state index in [2.05, 4.69) is 5.32 Å². The Balaban J connectivity index is 1.87. The fourth-order valence-electron chi connectivity index (χ4n) is 3.71. The highest BCUT2D eigenvalue weighted by molar-refractivity contribution is 6.46. The van der Waals surface area contributed by atoms with E-state index in [1.165, 1.54) is 4.90 Å². The zero-order chi connectivity index (χ0) is 23.0. The number of benzene rings is 3. The topological polar surface area (TPSA) is 58.6 Å². The maximum atomic E-state index is 13.6. The maximum absolute atomic E-state index is 13.6. The monoisotopic (exact) mass is 446 g/mol. The molecule has 4 rings (SSSR count). The number of imide groups is 1. The first-order valence-corrected chi connectivity index (χ1v) is 10.6. The normalized spacial score (nSPS) is 13.7. The second-order valence-corrected chi connectivity index (χ2v) is 8.14. The molecule has 0 fully saturated rings. The summed E-state index contributed by atoms with van der Waals surface area (Å²) in [6, 6.07) is 18.2. The smallest absolute Gasteiger partial charge is 0.282 e. The summed E-state index contributed by atoms with van der Waals surface area (Å²) in [7, 11) is 1.58. The van der Waals surface area contributed by atoms with Crippen molar-refractivity contribution in [3.63, 3.8) is 0 Å². The van der Waals surface area contributed by atoms with Crippen LogP contribution in [0.2, 0.25) is 5.02 Å². The van der Waals surface area contributed by atoms with Gasteiger partial charge in [-0.3, -0.25) is 9.59 Å². The molecule has 32 heavy (non-hydrogen) atoms. The summed E-state index contributed by atoms with van der Waals surface area (Å²) in [6.07, 6.45) is 0. The number of halogens is 1. The minimum atomic E-state index is -0.434. The third kappa shape index (κ3) is 3.76. The zero-order valence-electron chi connectivity index (χ0n) is 18.3. The summed E-state index contributed by atoms with van der Waals surface area (Å²) in [5.41, 5.74) is 5.13. The molecule has 1 heterocycles. The molecule has 0 atom stereocenters. The molecule has 2 amide bonds. The van der Waals surface area contributed by atoms with E-state index in [0.717, 1.165) is 11.1 Å². The van der Waals surface area contributed by atoms with Crippen molar-refractivity contribution in [3.8, 4) is 5.75 Å². The molecular weight excluding hydrogens is 424 g/mol. The molecule has 0 saturated heterocycles. The molecule has 0 bridgehead atoms. The minimum absolute atomic E-state index is 0.214. The van der Waals surface area contributed by atoms with Gasteiger partial charge in [0.05, 0.1) is 18.4 Å². The molecule has 3 aromatic carbocycles. The zero-order valence-corrected chi connectivity index (χ0v) is 19.1. The van der Waals surface area contributed by atoms with Crippen LogP contribution in [0.25, 0.3) is 5.57 Å². The number of nitrogens with one attached hydrogen (secondary N) is 1. The first-order chi connectivity index (χ1) is 15.3. The van der Waals surface area contributed by atoms with Crippen molar-refractivity contribution in [2.75, 3.05) is 17.3 Å². The molecule has 0 saturated carbocycles. The number of hydrogen-bond acceptors (Lipinski definition) is 4. The first-order valence-electron chi connectivity index (χ1n) is 10.2.